The van der Waals surface area contributed by atoms with Gasteiger partial charge in [0, 0.05) is 54.6 Å². The van der Waals surface area contributed by atoms with Gasteiger partial charge in [-0.25, -0.2) is 23.9 Å². The Morgan fingerprint density at radius 1 is 1.00 bits per heavy atom. The van der Waals surface area contributed by atoms with E-state index in [1.807, 2.05) is 16.9 Å². The lowest BCUT2D eigenvalue weighted by Crippen LogP contribution is -2.30. The van der Waals surface area contributed by atoms with Crippen molar-refractivity contribution in [1.29, 1.82) is 0 Å². The van der Waals surface area contributed by atoms with Gasteiger partial charge in [0.1, 0.15) is 17.7 Å². The molecule has 2 N–H and O–H groups in total. The monoisotopic (exact) mass is 540 g/mol. The van der Waals surface area contributed by atoms with Crippen LogP contribution in [0.25, 0.3) is 22.2 Å². The van der Waals surface area contributed by atoms with Gasteiger partial charge in [0.25, 0.3) is 0 Å². The lowest BCUT2D eigenvalue weighted by Gasteiger charge is -2.28. The van der Waals surface area contributed by atoms with Gasteiger partial charge in [-0.15, -0.1) is 0 Å². The number of rotatable bonds is 7. The maximum atomic E-state index is 13.3. The van der Waals surface area contributed by atoms with Crippen LogP contribution in [0.15, 0.2) is 73.7 Å². The minimum Gasteiger partial charge on any atom is -0.391 e. The van der Waals surface area contributed by atoms with E-state index >= 15 is 0 Å². The number of aromatic nitrogens is 7. The molecular formula is C29H29FN8O2. The summed E-state index contributed by atoms with van der Waals surface area (Å²) >= 11 is 0. The molecular weight excluding hydrogens is 511 g/mol. The van der Waals surface area contributed by atoms with Gasteiger partial charge >= 0.3 is 0 Å². The second-order valence-corrected chi connectivity index (χ2v) is 10.2. The SMILES string of the molecule is C[C@@H](O)Cn1cc(-c2cc3c(C4=CCN(c5ncc([C@@](C)(O)c6ccc(F)cc6)cn5)CC4)ncnn3c2)cn1. The van der Waals surface area contributed by atoms with Gasteiger partial charge in [-0.3, -0.25) is 4.68 Å². The summed E-state index contributed by atoms with van der Waals surface area (Å²) in [4.78, 5) is 15.7. The average Bonchev–Trinajstić information content (AvgIpc) is 3.60. The van der Waals surface area contributed by atoms with Gasteiger partial charge in [-0.2, -0.15) is 10.2 Å². The van der Waals surface area contributed by atoms with Gasteiger partial charge in [0.05, 0.1) is 30.1 Å². The van der Waals surface area contributed by atoms with Crippen molar-refractivity contribution in [1.82, 2.24) is 34.3 Å². The molecule has 1 aromatic carbocycles. The van der Waals surface area contributed by atoms with E-state index in [9.17, 15) is 14.6 Å². The first-order valence-corrected chi connectivity index (χ1v) is 13.1. The highest BCUT2D eigenvalue weighted by atomic mass is 19.1. The molecule has 0 amide bonds. The second-order valence-electron chi connectivity index (χ2n) is 10.2. The Labute approximate surface area is 230 Å². The second kappa shape index (κ2) is 10.2. The molecule has 0 unspecified atom stereocenters. The number of hydrogen-bond donors (Lipinski definition) is 2. The molecule has 4 aromatic heterocycles. The van der Waals surface area contributed by atoms with E-state index in [1.165, 1.54) is 12.1 Å². The summed E-state index contributed by atoms with van der Waals surface area (Å²) in [5.74, 6) is 0.214. The Balaban J connectivity index is 1.19. The van der Waals surface area contributed by atoms with Gasteiger partial charge in [-0.05, 0) is 49.6 Å². The first-order valence-electron chi connectivity index (χ1n) is 13.1. The molecule has 5 heterocycles. The van der Waals surface area contributed by atoms with Gasteiger partial charge in [-0.1, -0.05) is 18.2 Å². The number of benzene rings is 1. The average molecular weight is 541 g/mol. The van der Waals surface area contributed by atoms with Crippen molar-refractivity contribution in [2.75, 3.05) is 18.0 Å². The molecule has 0 aliphatic carbocycles. The van der Waals surface area contributed by atoms with Crippen LogP contribution >= 0.6 is 0 Å². The van der Waals surface area contributed by atoms with Crippen molar-refractivity contribution in [3.63, 3.8) is 0 Å². The minimum atomic E-state index is -1.34. The van der Waals surface area contributed by atoms with Crippen molar-refractivity contribution in [2.45, 2.75) is 38.5 Å². The fraction of sp³-hybridized carbons (Fsp3) is 0.276. The zero-order valence-electron chi connectivity index (χ0n) is 22.2. The van der Waals surface area contributed by atoms with E-state index in [4.69, 9.17) is 0 Å². The summed E-state index contributed by atoms with van der Waals surface area (Å²) in [5, 5.41) is 29.4. The molecule has 40 heavy (non-hydrogen) atoms. The topological polar surface area (TPSA) is 117 Å². The molecule has 0 spiro atoms. The third-order valence-corrected chi connectivity index (χ3v) is 7.23. The Bertz CT molecular complexity index is 1670. The Morgan fingerprint density at radius 3 is 2.48 bits per heavy atom. The highest BCUT2D eigenvalue weighted by Gasteiger charge is 2.27. The molecule has 1 aliphatic rings. The van der Waals surface area contributed by atoms with E-state index in [0.717, 1.165) is 34.3 Å². The molecule has 5 aromatic rings. The van der Waals surface area contributed by atoms with Gasteiger partial charge < -0.3 is 15.1 Å². The summed E-state index contributed by atoms with van der Waals surface area (Å²) in [6.07, 6.45) is 12.8. The molecule has 11 heteroatoms. The minimum absolute atomic E-state index is 0.357. The van der Waals surface area contributed by atoms with Crippen LogP contribution in [0, 0.1) is 5.82 Å². The highest BCUT2D eigenvalue weighted by molar-refractivity contribution is 5.80. The van der Waals surface area contributed by atoms with E-state index < -0.39 is 11.7 Å². The number of nitrogens with zero attached hydrogens (tertiary/aromatic N) is 8. The first-order chi connectivity index (χ1) is 19.3. The van der Waals surface area contributed by atoms with Crippen LogP contribution in [0.4, 0.5) is 10.3 Å². The molecule has 6 rings (SSSR count). The van der Waals surface area contributed by atoms with Crippen molar-refractivity contribution in [2.24, 2.45) is 0 Å². The standard InChI is InChI=1S/C29H29FN8O2/c1-19(39)15-37-16-22(12-34-37)21-11-26-27(33-18-35-38(26)17-21)20-7-9-36(10-8-20)28-31-13-24(14-32-28)29(2,40)23-3-5-25(30)6-4-23/h3-7,11-14,16-19,39-40H,8-10,15H2,1-2H3/t19-,29+/m1/s1. The van der Waals surface area contributed by atoms with Crippen molar-refractivity contribution in [3.05, 3.63) is 96.4 Å². The van der Waals surface area contributed by atoms with Crippen LogP contribution in [0.2, 0.25) is 0 Å². The summed E-state index contributed by atoms with van der Waals surface area (Å²) in [7, 11) is 0. The van der Waals surface area contributed by atoms with Crippen LogP contribution in [0.1, 0.15) is 37.1 Å². The molecule has 10 nitrogen and oxygen atoms in total. The van der Waals surface area contributed by atoms with Crippen molar-refractivity contribution in [3.8, 4) is 11.1 Å². The van der Waals surface area contributed by atoms with Crippen molar-refractivity contribution < 1.29 is 14.6 Å². The van der Waals surface area contributed by atoms with Gasteiger partial charge in [0.15, 0.2) is 0 Å². The largest absolute Gasteiger partial charge is 0.391 e. The lowest BCUT2D eigenvalue weighted by atomic mass is 9.90. The quantitative estimate of drug-likeness (QED) is 0.322. The predicted molar refractivity (Wildman–Crippen MR) is 148 cm³/mol. The van der Waals surface area contributed by atoms with Crippen LogP contribution in [-0.2, 0) is 12.1 Å². The normalized spacial score (nSPS) is 16.1. The maximum absolute atomic E-state index is 13.3. The van der Waals surface area contributed by atoms with E-state index in [1.54, 1.807) is 55.6 Å². The molecule has 0 saturated heterocycles. The predicted octanol–water partition coefficient (Wildman–Crippen LogP) is 3.45. The third kappa shape index (κ3) is 4.96. The third-order valence-electron chi connectivity index (χ3n) is 7.23. The van der Waals surface area contributed by atoms with Crippen LogP contribution in [-0.4, -0.2) is 63.8 Å². The summed E-state index contributed by atoms with van der Waals surface area (Å²) in [5.41, 5.74) is 4.57. The number of fused-ring (bicyclic) bond motifs is 1. The number of anilines is 1. The molecule has 0 radical (unpaired) electrons. The smallest absolute Gasteiger partial charge is 0.225 e. The van der Waals surface area contributed by atoms with E-state index in [-0.39, 0.29) is 5.82 Å². The Morgan fingerprint density at radius 2 is 1.77 bits per heavy atom. The maximum Gasteiger partial charge on any atom is 0.225 e. The Kier molecular flexibility index (Phi) is 6.60. The van der Waals surface area contributed by atoms with E-state index in [2.05, 4.69) is 42.2 Å². The molecule has 2 atom stereocenters. The number of hydrogen-bond acceptors (Lipinski definition) is 8. The molecule has 1 aliphatic heterocycles. The summed E-state index contributed by atoms with van der Waals surface area (Å²) in [6, 6.07) is 7.82. The summed E-state index contributed by atoms with van der Waals surface area (Å²) < 4.78 is 16.9. The van der Waals surface area contributed by atoms with Crippen LogP contribution < -0.4 is 4.90 Å². The fourth-order valence-corrected chi connectivity index (χ4v) is 4.96. The number of aliphatic hydroxyl groups is 2. The van der Waals surface area contributed by atoms with Crippen molar-refractivity contribution >= 4 is 17.0 Å². The van der Waals surface area contributed by atoms with Gasteiger partial charge in [0.2, 0.25) is 5.95 Å². The van der Waals surface area contributed by atoms with Crippen LogP contribution in [0.5, 0.6) is 0 Å². The molecule has 0 saturated carbocycles. The molecule has 204 valence electrons. The summed E-state index contributed by atoms with van der Waals surface area (Å²) in [6.45, 7) is 5.12. The zero-order chi connectivity index (χ0) is 27.9. The van der Waals surface area contributed by atoms with E-state index in [0.29, 0.717) is 36.7 Å². The highest BCUT2D eigenvalue weighted by Crippen LogP contribution is 2.31. The number of halogens is 1. The lowest BCUT2D eigenvalue weighted by molar-refractivity contribution is 0.101. The Hall–Kier alpha value is -4.48. The molecule has 0 bridgehead atoms. The number of aliphatic hydroxyl groups excluding tert-OH is 1. The molecule has 0 fully saturated rings. The fourth-order valence-electron chi connectivity index (χ4n) is 4.96. The van der Waals surface area contributed by atoms with Crippen LogP contribution in [0.3, 0.4) is 0 Å². The zero-order valence-corrected chi connectivity index (χ0v) is 22.2. The first kappa shape index (κ1) is 25.8.